The number of anilines is 1. The van der Waals surface area contributed by atoms with E-state index in [1.54, 1.807) is 30.3 Å². The molecule has 0 aliphatic rings. The van der Waals surface area contributed by atoms with E-state index in [1.807, 2.05) is 30.3 Å². The summed E-state index contributed by atoms with van der Waals surface area (Å²) in [7, 11) is 1.53. The fraction of sp³-hybridized carbons (Fsp3) is 0.125. The third-order valence-corrected chi connectivity index (χ3v) is 4.51. The molecule has 0 saturated heterocycles. The van der Waals surface area contributed by atoms with Crippen molar-refractivity contribution in [3.8, 4) is 11.5 Å². The first-order valence-electron chi connectivity index (χ1n) is 10.2. The van der Waals surface area contributed by atoms with Crippen LogP contribution in [0.25, 0.3) is 0 Å². The molecule has 3 aromatic carbocycles. The van der Waals surface area contributed by atoms with Crippen molar-refractivity contribution in [1.82, 2.24) is 5.43 Å². The van der Waals surface area contributed by atoms with Crippen LogP contribution in [0.15, 0.2) is 77.9 Å². The lowest BCUT2D eigenvalue weighted by molar-refractivity contribution is -0.385. The molecule has 0 radical (unpaired) electrons. The number of amides is 2. The van der Waals surface area contributed by atoms with Crippen LogP contribution in [0.1, 0.15) is 17.5 Å². The van der Waals surface area contributed by atoms with Gasteiger partial charge in [-0.1, -0.05) is 30.3 Å². The van der Waals surface area contributed by atoms with Gasteiger partial charge < -0.3 is 14.8 Å². The quantitative estimate of drug-likeness (QED) is 0.205. The van der Waals surface area contributed by atoms with Gasteiger partial charge in [0.05, 0.1) is 18.2 Å². The number of rotatable bonds is 10. The van der Waals surface area contributed by atoms with E-state index >= 15 is 0 Å². The summed E-state index contributed by atoms with van der Waals surface area (Å²) in [5.41, 5.74) is 3.76. The standard InChI is InChI=1S/C24H22N4O6/c1-33-20-10-8-19(9-11-20)26-23(29)14-24(30)27-25-15-18-7-12-22(21(13-18)28(31)32)34-16-17-5-3-2-4-6-17/h2-13,15H,14,16H2,1H3,(H,26,29)(H,27,30). The normalized spacial score (nSPS) is 10.5. The summed E-state index contributed by atoms with van der Waals surface area (Å²) in [6, 6.07) is 20.2. The van der Waals surface area contributed by atoms with Crippen molar-refractivity contribution in [3.05, 3.63) is 94.0 Å². The third-order valence-electron chi connectivity index (χ3n) is 4.51. The number of methoxy groups -OCH3 is 1. The molecule has 0 atom stereocenters. The maximum Gasteiger partial charge on any atom is 0.311 e. The molecular formula is C24H22N4O6. The predicted octanol–water partition coefficient (Wildman–Crippen LogP) is 3.66. The fourth-order valence-corrected chi connectivity index (χ4v) is 2.86. The topological polar surface area (TPSA) is 132 Å². The van der Waals surface area contributed by atoms with Gasteiger partial charge in [-0.2, -0.15) is 5.10 Å². The number of nitro groups is 1. The average molecular weight is 462 g/mol. The fourth-order valence-electron chi connectivity index (χ4n) is 2.86. The van der Waals surface area contributed by atoms with E-state index < -0.39 is 23.2 Å². The second-order valence-electron chi connectivity index (χ2n) is 7.01. The van der Waals surface area contributed by atoms with Crippen LogP contribution in [0.5, 0.6) is 11.5 Å². The first kappa shape index (κ1) is 23.9. The van der Waals surface area contributed by atoms with E-state index in [4.69, 9.17) is 9.47 Å². The first-order valence-corrected chi connectivity index (χ1v) is 10.2. The highest BCUT2D eigenvalue weighted by Crippen LogP contribution is 2.28. The van der Waals surface area contributed by atoms with Crippen molar-refractivity contribution >= 4 is 29.4 Å². The predicted molar refractivity (Wildman–Crippen MR) is 126 cm³/mol. The van der Waals surface area contributed by atoms with Crippen molar-refractivity contribution in [2.24, 2.45) is 5.10 Å². The van der Waals surface area contributed by atoms with Gasteiger partial charge in [0, 0.05) is 17.3 Å². The molecule has 0 bridgehead atoms. The molecule has 0 spiro atoms. The summed E-state index contributed by atoms with van der Waals surface area (Å²) in [5.74, 6) is -0.403. The van der Waals surface area contributed by atoms with Crippen LogP contribution >= 0.6 is 0 Å². The van der Waals surface area contributed by atoms with Gasteiger partial charge in [-0.3, -0.25) is 19.7 Å². The number of carbonyl (C=O) groups is 2. The van der Waals surface area contributed by atoms with Crippen molar-refractivity contribution < 1.29 is 24.0 Å². The van der Waals surface area contributed by atoms with Crippen LogP contribution in [0.2, 0.25) is 0 Å². The number of ether oxygens (including phenoxy) is 2. The van der Waals surface area contributed by atoms with Crippen LogP contribution < -0.4 is 20.2 Å². The second kappa shape index (κ2) is 11.8. The van der Waals surface area contributed by atoms with Crippen molar-refractivity contribution in [1.29, 1.82) is 0 Å². The number of nitrogens with one attached hydrogen (secondary N) is 2. The zero-order valence-corrected chi connectivity index (χ0v) is 18.3. The monoisotopic (exact) mass is 462 g/mol. The molecule has 0 aliphatic carbocycles. The van der Waals surface area contributed by atoms with E-state index in [-0.39, 0.29) is 18.0 Å². The molecule has 0 unspecified atom stereocenters. The van der Waals surface area contributed by atoms with Crippen LogP contribution in [-0.2, 0) is 16.2 Å². The molecule has 0 heterocycles. The van der Waals surface area contributed by atoms with Gasteiger partial charge in [0.1, 0.15) is 18.8 Å². The molecule has 0 saturated carbocycles. The second-order valence-corrected chi connectivity index (χ2v) is 7.01. The number of nitrogens with zero attached hydrogens (tertiary/aromatic N) is 2. The van der Waals surface area contributed by atoms with E-state index in [9.17, 15) is 19.7 Å². The smallest absolute Gasteiger partial charge is 0.311 e. The minimum Gasteiger partial charge on any atom is -0.497 e. The maximum atomic E-state index is 12.0. The van der Waals surface area contributed by atoms with Gasteiger partial charge >= 0.3 is 5.69 Å². The number of nitro benzene ring substituents is 1. The minimum atomic E-state index is -0.639. The lowest BCUT2D eigenvalue weighted by atomic mass is 10.2. The highest BCUT2D eigenvalue weighted by molar-refractivity contribution is 6.03. The molecular weight excluding hydrogens is 440 g/mol. The molecule has 0 fully saturated rings. The summed E-state index contributed by atoms with van der Waals surface area (Å²) in [4.78, 5) is 34.8. The summed E-state index contributed by atoms with van der Waals surface area (Å²) >= 11 is 0. The summed E-state index contributed by atoms with van der Waals surface area (Å²) in [6.07, 6.45) is 0.795. The largest absolute Gasteiger partial charge is 0.497 e. The van der Waals surface area contributed by atoms with Crippen LogP contribution in [0.4, 0.5) is 11.4 Å². The Balaban J connectivity index is 1.53. The SMILES string of the molecule is COc1ccc(NC(=O)CC(=O)NN=Cc2ccc(OCc3ccccc3)c([N+](=O)[O-])c2)cc1. The summed E-state index contributed by atoms with van der Waals surface area (Å²) < 4.78 is 10.6. The van der Waals surface area contributed by atoms with Crippen LogP contribution in [-0.4, -0.2) is 30.1 Å². The number of benzene rings is 3. The van der Waals surface area contributed by atoms with Crippen molar-refractivity contribution in [2.45, 2.75) is 13.0 Å². The van der Waals surface area contributed by atoms with Gasteiger partial charge in [-0.15, -0.1) is 0 Å². The van der Waals surface area contributed by atoms with Gasteiger partial charge in [-0.05, 0) is 42.0 Å². The molecule has 0 aromatic heterocycles. The molecule has 0 aliphatic heterocycles. The average Bonchev–Trinajstić information content (AvgIpc) is 2.84. The van der Waals surface area contributed by atoms with Gasteiger partial charge in [0.2, 0.25) is 11.8 Å². The van der Waals surface area contributed by atoms with E-state index in [0.717, 1.165) is 5.56 Å². The number of carbonyl (C=O) groups excluding carboxylic acids is 2. The molecule has 10 nitrogen and oxygen atoms in total. The maximum absolute atomic E-state index is 12.0. The molecule has 2 N–H and O–H groups in total. The van der Waals surface area contributed by atoms with Gasteiger partial charge in [-0.25, -0.2) is 5.43 Å². The highest BCUT2D eigenvalue weighted by Gasteiger charge is 2.16. The lowest BCUT2D eigenvalue weighted by Gasteiger charge is -2.07. The third kappa shape index (κ3) is 7.16. The molecule has 2 amide bonds. The number of hydrazone groups is 1. The zero-order chi connectivity index (χ0) is 24.3. The molecule has 3 rings (SSSR count). The van der Waals surface area contributed by atoms with Crippen LogP contribution in [0.3, 0.4) is 0 Å². The van der Waals surface area contributed by atoms with Crippen LogP contribution in [0, 0.1) is 10.1 Å². The Bertz CT molecular complexity index is 1180. The van der Waals surface area contributed by atoms with Crippen molar-refractivity contribution in [3.63, 3.8) is 0 Å². The van der Waals surface area contributed by atoms with Gasteiger partial charge in [0.15, 0.2) is 5.75 Å². The Labute approximate surface area is 195 Å². The molecule has 174 valence electrons. The number of hydrogen-bond donors (Lipinski definition) is 2. The Morgan fingerprint density at radius 1 is 1.03 bits per heavy atom. The Morgan fingerprint density at radius 3 is 2.44 bits per heavy atom. The highest BCUT2D eigenvalue weighted by atomic mass is 16.6. The van der Waals surface area contributed by atoms with Crippen molar-refractivity contribution in [2.75, 3.05) is 12.4 Å². The zero-order valence-electron chi connectivity index (χ0n) is 18.3. The first-order chi connectivity index (χ1) is 16.4. The van der Waals surface area contributed by atoms with Gasteiger partial charge in [0.25, 0.3) is 0 Å². The van der Waals surface area contributed by atoms with E-state index in [0.29, 0.717) is 17.0 Å². The van der Waals surface area contributed by atoms with E-state index in [1.165, 1.54) is 25.5 Å². The van der Waals surface area contributed by atoms with E-state index in [2.05, 4.69) is 15.8 Å². The summed E-state index contributed by atoms with van der Waals surface area (Å²) in [5, 5.41) is 17.8. The Hall–Kier alpha value is -4.73. The Kier molecular flexibility index (Phi) is 8.28. The summed E-state index contributed by atoms with van der Waals surface area (Å²) in [6.45, 7) is 0.184. The lowest BCUT2D eigenvalue weighted by Crippen LogP contribution is -2.24. The number of hydrogen-bond acceptors (Lipinski definition) is 7. The minimum absolute atomic E-state index is 0.116. The molecule has 10 heteroatoms. The molecule has 34 heavy (non-hydrogen) atoms. The molecule has 3 aromatic rings. The Morgan fingerprint density at radius 2 is 1.76 bits per heavy atom.